The third kappa shape index (κ3) is 3.52. The Kier molecular flexibility index (Phi) is 4.91. The van der Waals surface area contributed by atoms with E-state index >= 15 is 0 Å². The molecule has 0 bridgehead atoms. The summed E-state index contributed by atoms with van der Waals surface area (Å²) in [5.41, 5.74) is 1.28. The lowest BCUT2D eigenvalue weighted by Crippen LogP contribution is -2.39. The van der Waals surface area contributed by atoms with Gasteiger partial charge in [-0.2, -0.15) is 5.10 Å². The maximum absolute atomic E-state index is 12.7. The van der Waals surface area contributed by atoms with E-state index in [1.54, 1.807) is 29.5 Å². The Labute approximate surface area is 140 Å². The van der Waals surface area contributed by atoms with E-state index in [0.717, 1.165) is 38.0 Å². The zero-order valence-corrected chi connectivity index (χ0v) is 13.9. The molecule has 1 aliphatic heterocycles. The predicted molar refractivity (Wildman–Crippen MR) is 87.4 cm³/mol. The highest BCUT2D eigenvalue weighted by Gasteiger charge is 2.28. The number of likely N-dealkylation sites (tertiary alicyclic amines) is 1. The zero-order chi connectivity index (χ0) is 16.2. The van der Waals surface area contributed by atoms with E-state index in [-0.39, 0.29) is 11.8 Å². The van der Waals surface area contributed by atoms with E-state index in [4.69, 9.17) is 11.6 Å². The van der Waals surface area contributed by atoms with Gasteiger partial charge in [0.05, 0.1) is 10.7 Å². The molecule has 7 heteroatoms. The van der Waals surface area contributed by atoms with Crippen LogP contribution in [-0.4, -0.2) is 43.6 Å². The van der Waals surface area contributed by atoms with Gasteiger partial charge in [0.1, 0.15) is 0 Å². The highest BCUT2D eigenvalue weighted by atomic mass is 35.5. The molecule has 6 nitrogen and oxygen atoms in total. The van der Waals surface area contributed by atoms with Crippen LogP contribution in [0.1, 0.15) is 48.3 Å². The van der Waals surface area contributed by atoms with Crippen LogP contribution in [0.15, 0.2) is 24.8 Å². The van der Waals surface area contributed by atoms with Gasteiger partial charge in [-0.3, -0.25) is 19.4 Å². The quantitative estimate of drug-likeness (QED) is 0.863. The molecule has 0 radical (unpaired) electrons. The summed E-state index contributed by atoms with van der Waals surface area (Å²) >= 11 is 6.19. The van der Waals surface area contributed by atoms with Gasteiger partial charge in [0, 0.05) is 50.3 Å². The first-order chi connectivity index (χ1) is 11.2. The van der Waals surface area contributed by atoms with Crippen LogP contribution in [-0.2, 0) is 6.54 Å². The maximum Gasteiger partial charge on any atom is 0.275 e. The summed E-state index contributed by atoms with van der Waals surface area (Å²) in [5, 5.41) is 4.76. The fourth-order valence-electron chi connectivity index (χ4n) is 2.96. The number of hydrogen-bond donors (Lipinski definition) is 0. The molecular weight excluding hydrogens is 314 g/mol. The van der Waals surface area contributed by atoms with Crippen molar-refractivity contribution in [2.75, 3.05) is 13.1 Å². The number of nitrogens with zero attached hydrogens (tertiary/aromatic N) is 5. The first-order valence-electron chi connectivity index (χ1n) is 7.97. The summed E-state index contributed by atoms with van der Waals surface area (Å²) in [5.74, 6) is 0.122. The second-order valence-corrected chi connectivity index (χ2v) is 6.22. The molecule has 3 heterocycles. The first-order valence-corrected chi connectivity index (χ1v) is 8.35. The number of carbonyl (C=O) groups excluding carboxylic acids is 1. The molecule has 23 heavy (non-hydrogen) atoms. The Balaban J connectivity index is 1.74. The number of piperidine rings is 1. The van der Waals surface area contributed by atoms with Crippen LogP contribution in [0, 0.1) is 0 Å². The van der Waals surface area contributed by atoms with E-state index in [0.29, 0.717) is 17.3 Å². The molecule has 0 N–H and O–H groups in total. The van der Waals surface area contributed by atoms with Gasteiger partial charge in [-0.1, -0.05) is 18.5 Å². The van der Waals surface area contributed by atoms with Gasteiger partial charge in [-0.15, -0.1) is 0 Å². The normalized spacial score (nSPS) is 18.2. The molecule has 0 aromatic carbocycles. The third-order valence-electron chi connectivity index (χ3n) is 4.08. The van der Waals surface area contributed by atoms with Crippen LogP contribution in [0.25, 0.3) is 0 Å². The smallest absolute Gasteiger partial charge is 0.275 e. The number of hydrogen-bond acceptors (Lipinski definition) is 4. The molecule has 1 amide bonds. The lowest BCUT2D eigenvalue weighted by molar-refractivity contribution is 0.0699. The third-order valence-corrected chi connectivity index (χ3v) is 4.36. The molecule has 1 aliphatic rings. The summed E-state index contributed by atoms with van der Waals surface area (Å²) in [4.78, 5) is 23.1. The van der Waals surface area contributed by atoms with Gasteiger partial charge >= 0.3 is 0 Å². The monoisotopic (exact) mass is 333 g/mol. The average molecular weight is 334 g/mol. The van der Waals surface area contributed by atoms with Gasteiger partial charge in [-0.05, 0) is 19.3 Å². The Morgan fingerprint density at radius 2 is 2.30 bits per heavy atom. The molecule has 2 aromatic rings. The van der Waals surface area contributed by atoms with Crippen LogP contribution in [0.2, 0.25) is 5.02 Å². The van der Waals surface area contributed by atoms with E-state index in [2.05, 4.69) is 22.0 Å². The Hall–Kier alpha value is -1.95. The number of rotatable bonds is 4. The molecular formula is C16H20ClN5O. The highest BCUT2D eigenvalue weighted by molar-refractivity contribution is 6.33. The number of aryl methyl sites for hydroxylation is 1. The molecule has 0 spiro atoms. The van der Waals surface area contributed by atoms with E-state index in [1.807, 2.05) is 4.90 Å². The average Bonchev–Trinajstić information content (AvgIpc) is 2.96. The molecule has 0 aliphatic carbocycles. The second kappa shape index (κ2) is 7.08. The molecule has 1 atom stereocenters. The first kappa shape index (κ1) is 15.9. The van der Waals surface area contributed by atoms with Crippen LogP contribution in [0.5, 0.6) is 0 Å². The maximum atomic E-state index is 12.7. The molecule has 0 saturated carbocycles. The fourth-order valence-corrected chi connectivity index (χ4v) is 3.19. The van der Waals surface area contributed by atoms with Crippen molar-refractivity contribution < 1.29 is 4.79 Å². The summed E-state index contributed by atoms with van der Waals surface area (Å²) in [6, 6.07) is 0. The van der Waals surface area contributed by atoms with Crippen molar-refractivity contribution in [2.45, 2.75) is 38.6 Å². The fraction of sp³-hybridized carbons (Fsp3) is 0.500. The summed E-state index contributed by atoms with van der Waals surface area (Å²) in [7, 11) is 0. The van der Waals surface area contributed by atoms with Crippen molar-refractivity contribution in [1.82, 2.24) is 24.6 Å². The van der Waals surface area contributed by atoms with E-state index in [9.17, 15) is 4.79 Å². The van der Waals surface area contributed by atoms with Crippen LogP contribution < -0.4 is 0 Å². The van der Waals surface area contributed by atoms with Gasteiger partial charge in [-0.25, -0.2) is 0 Å². The zero-order valence-electron chi connectivity index (χ0n) is 13.2. The van der Waals surface area contributed by atoms with Gasteiger partial charge in [0.15, 0.2) is 5.69 Å². The summed E-state index contributed by atoms with van der Waals surface area (Å²) in [6.45, 7) is 4.18. The molecule has 1 unspecified atom stereocenters. The largest absolute Gasteiger partial charge is 0.337 e. The Morgan fingerprint density at radius 1 is 1.43 bits per heavy atom. The van der Waals surface area contributed by atoms with Crippen LogP contribution >= 0.6 is 11.6 Å². The van der Waals surface area contributed by atoms with E-state index in [1.165, 1.54) is 0 Å². The summed E-state index contributed by atoms with van der Waals surface area (Å²) in [6.07, 6.45) is 9.77. The SMILES string of the molecule is CCCn1cc(Cl)c(C(=O)N2CCCC(c3cnccn3)C2)n1. The van der Waals surface area contributed by atoms with E-state index < -0.39 is 0 Å². The lowest BCUT2D eigenvalue weighted by Gasteiger charge is -2.32. The second-order valence-electron chi connectivity index (χ2n) is 5.81. The molecule has 2 aromatic heterocycles. The van der Waals surface area contributed by atoms with Gasteiger partial charge in [0.2, 0.25) is 0 Å². The van der Waals surface area contributed by atoms with Crippen molar-refractivity contribution in [3.63, 3.8) is 0 Å². The number of carbonyl (C=O) groups is 1. The van der Waals surface area contributed by atoms with Gasteiger partial charge in [0.25, 0.3) is 5.91 Å². The van der Waals surface area contributed by atoms with Crippen molar-refractivity contribution in [3.8, 4) is 0 Å². The van der Waals surface area contributed by atoms with Crippen LogP contribution in [0.4, 0.5) is 0 Å². The topological polar surface area (TPSA) is 63.9 Å². The molecule has 1 fully saturated rings. The predicted octanol–water partition coefficient (Wildman–Crippen LogP) is 2.76. The lowest BCUT2D eigenvalue weighted by atomic mass is 9.95. The van der Waals surface area contributed by atoms with Crippen molar-refractivity contribution >= 4 is 17.5 Å². The number of amides is 1. The standard InChI is InChI=1S/C16H20ClN5O/c1-2-7-22-11-13(17)15(20-22)16(23)21-8-3-4-12(10-21)14-9-18-5-6-19-14/h5-6,9,11-12H,2-4,7-8,10H2,1H3. The van der Waals surface area contributed by atoms with Gasteiger partial charge < -0.3 is 4.90 Å². The Morgan fingerprint density at radius 3 is 3.04 bits per heavy atom. The summed E-state index contributed by atoms with van der Waals surface area (Å²) < 4.78 is 1.74. The number of aromatic nitrogens is 4. The number of halogens is 1. The van der Waals surface area contributed by atoms with Crippen molar-refractivity contribution in [1.29, 1.82) is 0 Å². The van der Waals surface area contributed by atoms with Crippen molar-refractivity contribution in [3.05, 3.63) is 41.2 Å². The molecule has 1 saturated heterocycles. The minimum absolute atomic E-state index is 0.0987. The molecule has 3 rings (SSSR count). The highest BCUT2D eigenvalue weighted by Crippen LogP contribution is 2.27. The van der Waals surface area contributed by atoms with Crippen molar-refractivity contribution in [2.24, 2.45) is 0 Å². The molecule has 122 valence electrons. The minimum Gasteiger partial charge on any atom is -0.337 e. The minimum atomic E-state index is -0.0987. The van der Waals surface area contributed by atoms with Crippen LogP contribution in [0.3, 0.4) is 0 Å². The Bertz CT molecular complexity index is 672.